The first-order valence-corrected chi connectivity index (χ1v) is 7.22. The largest absolute Gasteiger partial charge is 0.369 e. The molecule has 1 fully saturated rings. The van der Waals surface area contributed by atoms with Crippen molar-refractivity contribution in [3.8, 4) is 11.5 Å². The van der Waals surface area contributed by atoms with E-state index in [0.29, 0.717) is 17.1 Å². The molecular weight excluding hydrogens is 252 g/mol. The minimum absolute atomic E-state index is 0.480. The zero-order valence-electron chi connectivity index (χ0n) is 12.0. The lowest BCUT2D eigenvalue weighted by Gasteiger charge is -2.16. The van der Waals surface area contributed by atoms with Crippen molar-refractivity contribution in [3.63, 3.8) is 0 Å². The molecule has 5 nitrogen and oxygen atoms in total. The summed E-state index contributed by atoms with van der Waals surface area (Å²) in [6, 6.07) is 3.85. The molecule has 2 aromatic heterocycles. The molecule has 2 heterocycles. The number of nitrogens with one attached hydrogen (secondary N) is 1. The van der Waals surface area contributed by atoms with Gasteiger partial charge in [-0.3, -0.25) is 0 Å². The molecule has 20 heavy (non-hydrogen) atoms. The predicted octanol–water partition coefficient (Wildman–Crippen LogP) is 3.43. The summed E-state index contributed by atoms with van der Waals surface area (Å²) in [6.07, 6.45) is 6.93. The SMILES string of the molecule is CCCC1(CNc2ncccc2-c2nc(C)no2)CC1. The highest BCUT2D eigenvalue weighted by molar-refractivity contribution is 5.68. The first-order chi connectivity index (χ1) is 9.72. The first-order valence-electron chi connectivity index (χ1n) is 7.22. The van der Waals surface area contributed by atoms with Gasteiger partial charge in [0, 0.05) is 12.7 Å². The van der Waals surface area contributed by atoms with E-state index in [1.54, 1.807) is 6.20 Å². The van der Waals surface area contributed by atoms with Gasteiger partial charge in [0.2, 0.25) is 0 Å². The molecule has 2 aromatic rings. The number of pyridine rings is 1. The van der Waals surface area contributed by atoms with Crippen LogP contribution in [0.15, 0.2) is 22.9 Å². The van der Waals surface area contributed by atoms with Crippen LogP contribution in [0, 0.1) is 12.3 Å². The maximum Gasteiger partial charge on any atom is 0.261 e. The molecule has 5 heteroatoms. The highest BCUT2D eigenvalue weighted by Crippen LogP contribution is 2.49. The standard InChI is InChI=1S/C15H20N4O/c1-3-6-15(7-8-15)10-17-13-12(5-4-9-16-13)14-18-11(2)19-20-14/h4-5,9H,3,6-8,10H2,1-2H3,(H,16,17). The molecule has 0 aromatic carbocycles. The zero-order valence-corrected chi connectivity index (χ0v) is 12.0. The van der Waals surface area contributed by atoms with Crippen molar-refractivity contribution in [3.05, 3.63) is 24.2 Å². The maximum absolute atomic E-state index is 5.24. The van der Waals surface area contributed by atoms with E-state index in [-0.39, 0.29) is 0 Å². The maximum atomic E-state index is 5.24. The van der Waals surface area contributed by atoms with Crippen LogP contribution in [-0.4, -0.2) is 21.7 Å². The molecule has 1 aliphatic rings. The molecule has 1 saturated carbocycles. The lowest BCUT2D eigenvalue weighted by Crippen LogP contribution is -2.16. The van der Waals surface area contributed by atoms with Crippen molar-refractivity contribution >= 4 is 5.82 Å². The Bertz CT molecular complexity index is 589. The zero-order chi connectivity index (χ0) is 14.0. The van der Waals surface area contributed by atoms with Gasteiger partial charge in [0.05, 0.1) is 5.56 Å². The number of aryl methyl sites for hydroxylation is 1. The van der Waals surface area contributed by atoms with Gasteiger partial charge >= 0.3 is 0 Å². The molecular formula is C15H20N4O. The van der Waals surface area contributed by atoms with Gasteiger partial charge in [-0.05, 0) is 43.7 Å². The van der Waals surface area contributed by atoms with Crippen molar-refractivity contribution in [2.75, 3.05) is 11.9 Å². The second-order valence-corrected chi connectivity index (χ2v) is 5.65. The van der Waals surface area contributed by atoms with Crippen molar-refractivity contribution in [1.29, 1.82) is 0 Å². The van der Waals surface area contributed by atoms with E-state index in [4.69, 9.17) is 4.52 Å². The number of hydrogen-bond acceptors (Lipinski definition) is 5. The highest BCUT2D eigenvalue weighted by Gasteiger charge is 2.41. The third-order valence-corrected chi connectivity index (χ3v) is 3.93. The fraction of sp³-hybridized carbons (Fsp3) is 0.533. The van der Waals surface area contributed by atoms with Crippen LogP contribution in [0.3, 0.4) is 0 Å². The average Bonchev–Trinajstić information content (AvgIpc) is 3.09. The van der Waals surface area contributed by atoms with Crippen LogP contribution >= 0.6 is 0 Å². The van der Waals surface area contributed by atoms with E-state index in [0.717, 1.165) is 17.9 Å². The Labute approximate surface area is 118 Å². The molecule has 0 amide bonds. The predicted molar refractivity (Wildman–Crippen MR) is 77.3 cm³/mol. The third kappa shape index (κ3) is 2.66. The number of rotatable bonds is 6. The fourth-order valence-corrected chi connectivity index (χ4v) is 2.62. The van der Waals surface area contributed by atoms with Gasteiger partial charge in [-0.25, -0.2) is 4.98 Å². The Kier molecular flexibility index (Phi) is 3.42. The fourth-order valence-electron chi connectivity index (χ4n) is 2.62. The molecule has 0 aliphatic heterocycles. The van der Waals surface area contributed by atoms with Gasteiger partial charge in [-0.2, -0.15) is 4.98 Å². The van der Waals surface area contributed by atoms with E-state index in [9.17, 15) is 0 Å². The van der Waals surface area contributed by atoms with Crippen LogP contribution in [0.5, 0.6) is 0 Å². The molecule has 0 spiro atoms. The minimum atomic E-state index is 0.480. The van der Waals surface area contributed by atoms with Crippen LogP contribution in [0.4, 0.5) is 5.82 Å². The molecule has 0 bridgehead atoms. The van der Waals surface area contributed by atoms with E-state index in [1.807, 2.05) is 19.1 Å². The molecule has 0 atom stereocenters. The number of hydrogen-bond donors (Lipinski definition) is 1. The Hall–Kier alpha value is -1.91. The molecule has 1 N–H and O–H groups in total. The van der Waals surface area contributed by atoms with Crippen molar-refractivity contribution < 1.29 is 4.52 Å². The quantitative estimate of drug-likeness (QED) is 0.872. The summed E-state index contributed by atoms with van der Waals surface area (Å²) < 4.78 is 5.24. The Morgan fingerprint density at radius 2 is 2.25 bits per heavy atom. The van der Waals surface area contributed by atoms with E-state index in [2.05, 4.69) is 27.4 Å². The monoisotopic (exact) mass is 272 g/mol. The van der Waals surface area contributed by atoms with Crippen LogP contribution < -0.4 is 5.32 Å². The van der Waals surface area contributed by atoms with Crippen LogP contribution in [0.2, 0.25) is 0 Å². The summed E-state index contributed by atoms with van der Waals surface area (Å²) in [5, 5.41) is 7.31. The summed E-state index contributed by atoms with van der Waals surface area (Å²) in [7, 11) is 0. The number of aromatic nitrogens is 3. The first kappa shape index (κ1) is 13.1. The van der Waals surface area contributed by atoms with Gasteiger partial charge in [-0.1, -0.05) is 18.5 Å². The molecule has 106 valence electrons. The highest BCUT2D eigenvalue weighted by atomic mass is 16.5. The molecule has 0 saturated heterocycles. The number of anilines is 1. The third-order valence-electron chi connectivity index (χ3n) is 3.93. The second kappa shape index (κ2) is 5.23. The van der Waals surface area contributed by atoms with Gasteiger partial charge in [0.25, 0.3) is 5.89 Å². The lowest BCUT2D eigenvalue weighted by molar-refractivity contribution is 0.425. The van der Waals surface area contributed by atoms with Gasteiger partial charge in [0.1, 0.15) is 5.82 Å². The number of nitrogens with zero attached hydrogens (tertiary/aromatic N) is 3. The average molecular weight is 272 g/mol. The Morgan fingerprint density at radius 3 is 2.90 bits per heavy atom. The summed E-state index contributed by atoms with van der Waals surface area (Å²) >= 11 is 0. The van der Waals surface area contributed by atoms with Crippen molar-refractivity contribution in [1.82, 2.24) is 15.1 Å². The minimum Gasteiger partial charge on any atom is -0.369 e. The van der Waals surface area contributed by atoms with Crippen LogP contribution in [0.1, 0.15) is 38.4 Å². The van der Waals surface area contributed by atoms with Crippen LogP contribution in [-0.2, 0) is 0 Å². The van der Waals surface area contributed by atoms with E-state index >= 15 is 0 Å². The molecule has 0 radical (unpaired) electrons. The van der Waals surface area contributed by atoms with Gasteiger partial charge in [-0.15, -0.1) is 0 Å². The Balaban J connectivity index is 1.77. The van der Waals surface area contributed by atoms with Gasteiger partial charge in [0.15, 0.2) is 5.82 Å². The van der Waals surface area contributed by atoms with E-state index < -0.39 is 0 Å². The van der Waals surface area contributed by atoms with E-state index in [1.165, 1.54) is 25.7 Å². The topological polar surface area (TPSA) is 63.8 Å². The summed E-state index contributed by atoms with van der Waals surface area (Å²) in [5.41, 5.74) is 1.36. The van der Waals surface area contributed by atoms with Gasteiger partial charge < -0.3 is 9.84 Å². The summed E-state index contributed by atoms with van der Waals surface area (Å²) in [4.78, 5) is 8.70. The lowest BCUT2D eigenvalue weighted by atomic mass is 10.0. The second-order valence-electron chi connectivity index (χ2n) is 5.65. The molecule has 0 unspecified atom stereocenters. The molecule has 1 aliphatic carbocycles. The Morgan fingerprint density at radius 1 is 1.40 bits per heavy atom. The van der Waals surface area contributed by atoms with Crippen molar-refractivity contribution in [2.24, 2.45) is 5.41 Å². The smallest absolute Gasteiger partial charge is 0.261 e. The van der Waals surface area contributed by atoms with Crippen molar-refractivity contribution in [2.45, 2.75) is 39.5 Å². The van der Waals surface area contributed by atoms with Crippen LogP contribution in [0.25, 0.3) is 11.5 Å². The molecule has 3 rings (SSSR count). The normalized spacial score (nSPS) is 16.1. The summed E-state index contributed by atoms with van der Waals surface area (Å²) in [6.45, 7) is 5.03. The summed E-state index contributed by atoms with van der Waals surface area (Å²) in [5.74, 6) is 2.00.